The van der Waals surface area contributed by atoms with Crippen LogP contribution < -0.4 is 10.1 Å². The van der Waals surface area contributed by atoms with Gasteiger partial charge >= 0.3 is 0 Å². The lowest BCUT2D eigenvalue weighted by atomic mass is 9.95. The molecule has 0 radical (unpaired) electrons. The van der Waals surface area contributed by atoms with Crippen molar-refractivity contribution in [2.75, 3.05) is 25.0 Å². The quantitative estimate of drug-likeness (QED) is 0.861. The minimum atomic E-state index is 0.0751. The molecule has 1 N–H and O–H groups in total. The van der Waals surface area contributed by atoms with E-state index in [1.165, 1.54) is 0 Å². The third-order valence-corrected chi connectivity index (χ3v) is 4.89. The monoisotopic (exact) mass is 353 g/mol. The number of hydrogen-bond acceptors (Lipinski definition) is 4. The number of carbonyl (C=O) groups is 1. The molecule has 0 saturated carbocycles. The molecule has 1 aliphatic rings. The molecule has 1 amide bonds. The maximum Gasteiger partial charge on any atom is 0.227 e. The highest BCUT2D eigenvalue weighted by molar-refractivity contribution is 5.93. The van der Waals surface area contributed by atoms with Crippen molar-refractivity contribution in [3.63, 3.8) is 0 Å². The second-order valence-corrected chi connectivity index (χ2v) is 6.76. The van der Waals surface area contributed by atoms with Gasteiger partial charge in [-0.2, -0.15) is 0 Å². The smallest absolute Gasteiger partial charge is 0.227 e. The van der Waals surface area contributed by atoms with E-state index >= 15 is 0 Å². The number of para-hydroxylation sites is 1. The van der Waals surface area contributed by atoms with Crippen LogP contribution in [0.15, 0.2) is 42.6 Å². The predicted molar refractivity (Wildman–Crippen MR) is 103 cm³/mol. The number of ether oxygens (including phenoxy) is 1. The van der Waals surface area contributed by atoms with Crippen molar-refractivity contribution in [2.45, 2.75) is 33.2 Å². The lowest BCUT2D eigenvalue weighted by Gasteiger charge is -2.31. The molecule has 1 aromatic heterocycles. The number of nitrogens with one attached hydrogen (secondary N) is 1. The Hall–Kier alpha value is -2.40. The molecule has 5 nitrogen and oxygen atoms in total. The molecule has 1 aliphatic heterocycles. The van der Waals surface area contributed by atoms with Crippen LogP contribution in [0.25, 0.3) is 0 Å². The first-order valence-corrected chi connectivity index (χ1v) is 9.33. The topological polar surface area (TPSA) is 54.5 Å². The van der Waals surface area contributed by atoms with E-state index in [1.807, 2.05) is 44.2 Å². The molecule has 0 atom stereocenters. The van der Waals surface area contributed by atoms with Gasteiger partial charge in [-0.05, 0) is 57.5 Å². The summed E-state index contributed by atoms with van der Waals surface area (Å²) in [5, 5.41) is 3.08. The Morgan fingerprint density at radius 1 is 1.23 bits per heavy atom. The van der Waals surface area contributed by atoms with Gasteiger partial charge in [0.05, 0.1) is 6.61 Å². The summed E-state index contributed by atoms with van der Waals surface area (Å²) in [5.74, 6) is 0.927. The van der Waals surface area contributed by atoms with E-state index in [0.717, 1.165) is 55.2 Å². The van der Waals surface area contributed by atoms with Gasteiger partial charge in [-0.3, -0.25) is 9.69 Å². The molecule has 0 unspecified atom stereocenters. The predicted octanol–water partition coefficient (Wildman–Crippen LogP) is 3.64. The van der Waals surface area contributed by atoms with Crippen LogP contribution in [-0.4, -0.2) is 35.5 Å². The van der Waals surface area contributed by atoms with Gasteiger partial charge in [0.1, 0.15) is 0 Å². The van der Waals surface area contributed by atoms with E-state index < -0.39 is 0 Å². The van der Waals surface area contributed by atoms with Crippen LogP contribution in [0, 0.1) is 12.8 Å². The zero-order valence-corrected chi connectivity index (χ0v) is 15.6. The van der Waals surface area contributed by atoms with Gasteiger partial charge in [0.25, 0.3) is 0 Å². The summed E-state index contributed by atoms with van der Waals surface area (Å²) in [6.45, 7) is 7.23. The molecule has 5 heteroatoms. The first-order valence-electron chi connectivity index (χ1n) is 9.33. The first-order chi connectivity index (χ1) is 12.7. The van der Waals surface area contributed by atoms with Crippen molar-refractivity contribution in [3.8, 4) is 5.88 Å². The highest BCUT2D eigenvalue weighted by atomic mass is 16.5. The number of nitrogens with zero attached hydrogens (tertiary/aromatic N) is 2. The van der Waals surface area contributed by atoms with Crippen LogP contribution in [0.2, 0.25) is 0 Å². The Labute approximate surface area is 155 Å². The highest BCUT2D eigenvalue weighted by Gasteiger charge is 2.25. The molecule has 1 fully saturated rings. The van der Waals surface area contributed by atoms with Crippen LogP contribution >= 0.6 is 0 Å². The van der Waals surface area contributed by atoms with E-state index in [1.54, 1.807) is 6.20 Å². The van der Waals surface area contributed by atoms with Crippen molar-refractivity contribution < 1.29 is 9.53 Å². The molecule has 3 rings (SSSR count). The Morgan fingerprint density at radius 3 is 2.73 bits per heavy atom. The summed E-state index contributed by atoms with van der Waals surface area (Å²) in [4.78, 5) is 19.3. The van der Waals surface area contributed by atoms with Crippen molar-refractivity contribution in [1.29, 1.82) is 0 Å². The second-order valence-electron chi connectivity index (χ2n) is 6.76. The van der Waals surface area contributed by atoms with Crippen molar-refractivity contribution in [2.24, 2.45) is 5.92 Å². The number of pyridine rings is 1. The third kappa shape index (κ3) is 4.61. The molecule has 0 aliphatic carbocycles. The summed E-state index contributed by atoms with van der Waals surface area (Å²) in [6, 6.07) is 11.9. The zero-order valence-electron chi connectivity index (χ0n) is 15.6. The molecule has 26 heavy (non-hydrogen) atoms. The fourth-order valence-electron chi connectivity index (χ4n) is 3.35. The van der Waals surface area contributed by atoms with Gasteiger partial charge in [0, 0.05) is 29.9 Å². The number of aromatic nitrogens is 1. The normalized spacial score (nSPS) is 15.6. The average molecular weight is 353 g/mol. The SMILES string of the molecule is CCOc1ncccc1CN1CCC(C(=O)Nc2ccccc2C)CC1. The van der Waals surface area contributed by atoms with Crippen molar-refractivity contribution in [3.05, 3.63) is 53.7 Å². The maximum absolute atomic E-state index is 12.6. The van der Waals surface area contributed by atoms with Gasteiger partial charge in [0.15, 0.2) is 0 Å². The highest BCUT2D eigenvalue weighted by Crippen LogP contribution is 2.24. The largest absolute Gasteiger partial charge is 0.478 e. The fourth-order valence-corrected chi connectivity index (χ4v) is 3.35. The Bertz CT molecular complexity index is 740. The van der Waals surface area contributed by atoms with E-state index in [0.29, 0.717) is 6.61 Å². The van der Waals surface area contributed by atoms with Crippen LogP contribution in [0.3, 0.4) is 0 Å². The minimum absolute atomic E-state index is 0.0751. The second kappa shape index (κ2) is 8.81. The number of benzene rings is 1. The van der Waals surface area contributed by atoms with Gasteiger partial charge in [-0.1, -0.05) is 24.3 Å². The molecule has 0 spiro atoms. The number of amides is 1. The Balaban J connectivity index is 1.53. The number of rotatable bonds is 6. The number of anilines is 1. The molecule has 2 heterocycles. The summed E-state index contributed by atoms with van der Waals surface area (Å²) in [5.41, 5.74) is 3.12. The standard InChI is InChI=1S/C21H27N3O2/c1-3-26-21-18(8-6-12-22-21)15-24-13-10-17(11-14-24)20(25)23-19-9-5-4-7-16(19)2/h4-9,12,17H,3,10-11,13-15H2,1-2H3,(H,23,25). The Morgan fingerprint density at radius 2 is 2.00 bits per heavy atom. The molecule has 1 saturated heterocycles. The van der Waals surface area contributed by atoms with Crippen LogP contribution in [-0.2, 0) is 11.3 Å². The fraction of sp³-hybridized carbons (Fsp3) is 0.429. The Kier molecular flexibility index (Phi) is 6.23. The summed E-state index contributed by atoms with van der Waals surface area (Å²) in [6.07, 6.45) is 3.51. The number of aryl methyl sites for hydroxylation is 1. The number of carbonyl (C=O) groups excluding carboxylic acids is 1. The lowest BCUT2D eigenvalue weighted by Crippen LogP contribution is -2.37. The van der Waals surface area contributed by atoms with E-state index in [4.69, 9.17) is 4.74 Å². The van der Waals surface area contributed by atoms with Crippen LogP contribution in [0.1, 0.15) is 30.9 Å². The van der Waals surface area contributed by atoms with Crippen LogP contribution in [0.5, 0.6) is 5.88 Å². The molecule has 2 aromatic rings. The summed E-state index contributed by atoms with van der Waals surface area (Å²) >= 11 is 0. The van der Waals surface area contributed by atoms with Crippen LogP contribution in [0.4, 0.5) is 5.69 Å². The number of hydrogen-bond donors (Lipinski definition) is 1. The number of likely N-dealkylation sites (tertiary alicyclic amines) is 1. The van der Waals surface area contributed by atoms with Gasteiger partial charge < -0.3 is 10.1 Å². The molecule has 1 aromatic carbocycles. The molecular weight excluding hydrogens is 326 g/mol. The van der Waals surface area contributed by atoms with E-state index in [-0.39, 0.29) is 11.8 Å². The maximum atomic E-state index is 12.6. The van der Waals surface area contributed by atoms with E-state index in [2.05, 4.69) is 21.3 Å². The van der Waals surface area contributed by atoms with E-state index in [9.17, 15) is 4.79 Å². The van der Waals surface area contributed by atoms with Gasteiger partial charge in [0.2, 0.25) is 11.8 Å². The van der Waals surface area contributed by atoms with Crippen molar-refractivity contribution in [1.82, 2.24) is 9.88 Å². The third-order valence-electron chi connectivity index (χ3n) is 4.89. The minimum Gasteiger partial charge on any atom is -0.478 e. The molecular formula is C21H27N3O2. The molecule has 0 bridgehead atoms. The summed E-state index contributed by atoms with van der Waals surface area (Å²) in [7, 11) is 0. The lowest BCUT2D eigenvalue weighted by molar-refractivity contribution is -0.121. The van der Waals surface area contributed by atoms with Gasteiger partial charge in [-0.25, -0.2) is 4.98 Å². The zero-order chi connectivity index (χ0) is 18.4. The first kappa shape index (κ1) is 18.4. The van der Waals surface area contributed by atoms with Crippen molar-refractivity contribution >= 4 is 11.6 Å². The molecule has 138 valence electrons. The summed E-state index contributed by atoms with van der Waals surface area (Å²) < 4.78 is 5.61. The average Bonchev–Trinajstić information content (AvgIpc) is 2.66. The van der Waals surface area contributed by atoms with Gasteiger partial charge in [-0.15, -0.1) is 0 Å². The number of piperidine rings is 1.